The van der Waals surface area contributed by atoms with Crippen LogP contribution in [0.25, 0.3) is 0 Å². The summed E-state index contributed by atoms with van der Waals surface area (Å²) in [5.41, 5.74) is 0. The summed E-state index contributed by atoms with van der Waals surface area (Å²) in [6, 6.07) is 0. The van der Waals surface area contributed by atoms with Gasteiger partial charge in [0.05, 0.1) is 12.5 Å². The molecule has 1 heterocycles. The summed E-state index contributed by atoms with van der Waals surface area (Å²) in [6.45, 7) is 0.0342. The number of rotatable bonds is 3. The van der Waals surface area contributed by atoms with Gasteiger partial charge >= 0.3 is 12.1 Å². The van der Waals surface area contributed by atoms with E-state index in [0.29, 0.717) is 19.3 Å². The van der Waals surface area contributed by atoms with Crippen LogP contribution >= 0.6 is 0 Å². The Kier molecular flexibility index (Phi) is 4.75. The lowest BCUT2D eigenvalue weighted by molar-refractivity contribution is -0.152. The molecule has 21 heavy (non-hydrogen) atoms. The highest BCUT2D eigenvalue weighted by molar-refractivity contribution is 5.81. The minimum atomic E-state index is -4.22. The van der Waals surface area contributed by atoms with Crippen LogP contribution in [-0.4, -0.2) is 65.7 Å². The van der Waals surface area contributed by atoms with E-state index in [2.05, 4.69) is 0 Å². The molecule has 0 bridgehead atoms. The van der Waals surface area contributed by atoms with Crippen molar-refractivity contribution < 1.29 is 27.9 Å². The van der Waals surface area contributed by atoms with Crippen molar-refractivity contribution >= 4 is 11.9 Å². The van der Waals surface area contributed by atoms with E-state index in [0.717, 1.165) is 0 Å². The predicted octanol–water partition coefficient (Wildman–Crippen LogP) is 1.19. The Balaban J connectivity index is 1.80. The van der Waals surface area contributed by atoms with Crippen LogP contribution in [0, 0.1) is 11.8 Å². The number of carboxylic acids is 1. The molecule has 5 nitrogen and oxygen atoms in total. The van der Waals surface area contributed by atoms with Gasteiger partial charge in [-0.15, -0.1) is 0 Å². The molecule has 2 atom stereocenters. The second-order valence-corrected chi connectivity index (χ2v) is 5.76. The van der Waals surface area contributed by atoms with Gasteiger partial charge in [-0.25, -0.2) is 0 Å². The lowest BCUT2D eigenvalue weighted by Gasteiger charge is -2.36. The summed E-state index contributed by atoms with van der Waals surface area (Å²) in [5.74, 6) is -1.74. The maximum absolute atomic E-state index is 12.3. The Morgan fingerprint density at radius 2 is 1.62 bits per heavy atom. The van der Waals surface area contributed by atoms with Crippen molar-refractivity contribution in [1.82, 2.24) is 9.80 Å². The Hall–Kier alpha value is -1.31. The smallest absolute Gasteiger partial charge is 0.401 e. The van der Waals surface area contributed by atoms with Crippen LogP contribution in [0.4, 0.5) is 13.2 Å². The minimum absolute atomic E-state index is 0.106. The van der Waals surface area contributed by atoms with Gasteiger partial charge in [0.15, 0.2) is 0 Å². The van der Waals surface area contributed by atoms with Crippen molar-refractivity contribution in [2.45, 2.75) is 25.4 Å². The number of aliphatic carboxylic acids is 1. The fourth-order valence-electron chi connectivity index (χ4n) is 3.07. The predicted molar refractivity (Wildman–Crippen MR) is 67.5 cm³/mol. The lowest BCUT2D eigenvalue weighted by Crippen LogP contribution is -2.52. The first kappa shape index (κ1) is 16.1. The third-order valence-corrected chi connectivity index (χ3v) is 4.22. The van der Waals surface area contributed by atoms with Crippen LogP contribution in [-0.2, 0) is 9.59 Å². The zero-order valence-corrected chi connectivity index (χ0v) is 11.6. The quantitative estimate of drug-likeness (QED) is 0.851. The topological polar surface area (TPSA) is 60.9 Å². The van der Waals surface area contributed by atoms with Crippen molar-refractivity contribution in [3.05, 3.63) is 0 Å². The number of hydrogen-bond donors (Lipinski definition) is 1. The Morgan fingerprint density at radius 3 is 2.10 bits per heavy atom. The Morgan fingerprint density at radius 1 is 1.05 bits per heavy atom. The Bertz CT molecular complexity index is 406. The van der Waals surface area contributed by atoms with E-state index in [1.54, 1.807) is 4.90 Å². The number of piperazine rings is 1. The first-order valence-corrected chi connectivity index (χ1v) is 7.07. The van der Waals surface area contributed by atoms with Crippen LogP contribution in [0.5, 0.6) is 0 Å². The largest absolute Gasteiger partial charge is 0.481 e. The zero-order valence-electron chi connectivity index (χ0n) is 11.6. The van der Waals surface area contributed by atoms with Gasteiger partial charge in [0.1, 0.15) is 0 Å². The SMILES string of the molecule is O=C(O)C1CCC(C(=O)N2CCN(CC(F)(F)F)CC2)C1. The number of amides is 1. The van der Waals surface area contributed by atoms with Gasteiger partial charge in [-0.2, -0.15) is 13.2 Å². The average Bonchev–Trinajstić information content (AvgIpc) is 2.86. The molecule has 0 radical (unpaired) electrons. The molecule has 2 unspecified atom stereocenters. The monoisotopic (exact) mass is 308 g/mol. The molecule has 0 spiro atoms. The van der Waals surface area contributed by atoms with E-state index < -0.39 is 24.6 Å². The van der Waals surface area contributed by atoms with Crippen molar-refractivity contribution in [1.29, 1.82) is 0 Å². The first-order valence-electron chi connectivity index (χ1n) is 7.07. The molecule has 2 aliphatic rings. The van der Waals surface area contributed by atoms with Gasteiger partial charge < -0.3 is 10.0 Å². The van der Waals surface area contributed by atoms with E-state index in [1.807, 2.05) is 0 Å². The first-order chi connectivity index (χ1) is 9.76. The number of nitrogens with zero attached hydrogens (tertiary/aromatic N) is 2. The van der Waals surface area contributed by atoms with Gasteiger partial charge in [0.25, 0.3) is 0 Å². The van der Waals surface area contributed by atoms with Crippen LogP contribution in [0.1, 0.15) is 19.3 Å². The van der Waals surface area contributed by atoms with Gasteiger partial charge in [0.2, 0.25) is 5.91 Å². The van der Waals surface area contributed by atoms with E-state index in [4.69, 9.17) is 5.11 Å². The molecule has 0 aromatic carbocycles. The molecule has 1 aliphatic carbocycles. The number of alkyl halides is 3. The van der Waals surface area contributed by atoms with Crippen LogP contribution in [0.3, 0.4) is 0 Å². The number of halogens is 3. The van der Waals surface area contributed by atoms with Crippen molar-refractivity contribution in [2.75, 3.05) is 32.7 Å². The molecule has 1 saturated carbocycles. The fraction of sp³-hybridized carbons (Fsp3) is 0.846. The summed E-state index contributed by atoms with van der Waals surface area (Å²) >= 11 is 0. The number of carbonyl (C=O) groups is 2. The molecular weight excluding hydrogens is 289 g/mol. The maximum atomic E-state index is 12.3. The Labute approximate surface area is 120 Å². The van der Waals surface area contributed by atoms with E-state index >= 15 is 0 Å². The summed E-state index contributed by atoms with van der Waals surface area (Å²) < 4.78 is 36.8. The van der Waals surface area contributed by atoms with Crippen molar-refractivity contribution in [3.8, 4) is 0 Å². The van der Waals surface area contributed by atoms with Gasteiger partial charge in [-0.3, -0.25) is 14.5 Å². The van der Waals surface area contributed by atoms with Crippen LogP contribution < -0.4 is 0 Å². The molecule has 120 valence electrons. The summed E-state index contributed by atoms with van der Waals surface area (Å²) in [4.78, 5) is 26.0. The molecule has 1 aliphatic heterocycles. The molecule has 1 N–H and O–H groups in total. The molecule has 2 fully saturated rings. The summed E-state index contributed by atoms with van der Waals surface area (Å²) in [7, 11) is 0. The highest BCUT2D eigenvalue weighted by Crippen LogP contribution is 2.32. The van der Waals surface area contributed by atoms with Crippen LogP contribution in [0.15, 0.2) is 0 Å². The third-order valence-electron chi connectivity index (χ3n) is 4.22. The summed E-state index contributed by atoms with van der Waals surface area (Å²) in [6.07, 6.45) is -2.82. The fourth-order valence-corrected chi connectivity index (χ4v) is 3.07. The second-order valence-electron chi connectivity index (χ2n) is 5.76. The normalized spacial score (nSPS) is 27.9. The van der Waals surface area contributed by atoms with E-state index in [-0.39, 0.29) is 38.0 Å². The van der Waals surface area contributed by atoms with Gasteiger partial charge in [0, 0.05) is 32.1 Å². The molecule has 8 heteroatoms. The highest BCUT2D eigenvalue weighted by Gasteiger charge is 2.37. The zero-order chi connectivity index (χ0) is 15.6. The van der Waals surface area contributed by atoms with Gasteiger partial charge in [-0.1, -0.05) is 0 Å². The molecule has 0 aromatic rings. The molecule has 0 aromatic heterocycles. The summed E-state index contributed by atoms with van der Waals surface area (Å²) in [5, 5.41) is 8.93. The average molecular weight is 308 g/mol. The van der Waals surface area contributed by atoms with E-state index in [1.165, 1.54) is 4.90 Å². The number of carboxylic acid groups (broad SMARTS) is 1. The lowest BCUT2D eigenvalue weighted by atomic mass is 10.0. The molecule has 1 saturated heterocycles. The molecular formula is C13H19F3N2O3. The van der Waals surface area contributed by atoms with Crippen molar-refractivity contribution in [2.24, 2.45) is 11.8 Å². The number of hydrogen-bond acceptors (Lipinski definition) is 3. The third kappa shape index (κ3) is 4.33. The van der Waals surface area contributed by atoms with Gasteiger partial charge in [-0.05, 0) is 19.3 Å². The second kappa shape index (κ2) is 6.21. The minimum Gasteiger partial charge on any atom is -0.481 e. The number of carbonyl (C=O) groups excluding carboxylic acids is 1. The molecule has 2 rings (SSSR count). The maximum Gasteiger partial charge on any atom is 0.401 e. The van der Waals surface area contributed by atoms with E-state index in [9.17, 15) is 22.8 Å². The van der Waals surface area contributed by atoms with Crippen molar-refractivity contribution in [3.63, 3.8) is 0 Å². The van der Waals surface area contributed by atoms with Crippen LogP contribution in [0.2, 0.25) is 0 Å². The highest BCUT2D eigenvalue weighted by atomic mass is 19.4. The molecule has 1 amide bonds. The standard InChI is InChI=1S/C13H19F3N2O3/c14-13(15,16)8-17-3-5-18(6-4-17)11(19)9-1-2-10(7-9)12(20)21/h9-10H,1-8H2,(H,20,21).